The molecule has 2 N–H and O–H groups in total. The second-order valence-electron chi connectivity index (χ2n) is 6.53. The van der Waals surface area contributed by atoms with E-state index in [2.05, 4.69) is 58.7 Å². The van der Waals surface area contributed by atoms with E-state index in [9.17, 15) is 4.79 Å². The molecule has 0 saturated carbocycles. The molecule has 0 fully saturated rings. The maximum Gasteiger partial charge on any atom is 0.274 e. The number of nitrogens with zero attached hydrogens (tertiary/aromatic N) is 2. The first-order valence-electron chi connectivity index (χ1n) is 9.09. The highest BCUT2D eigenvalue weighted by Gasteiger charge is 2.11. The number of anilines is 2. The van der Waals surface area contributed by atoms with Crippen molar-refractivity contribution in [3.8, 4) is 0 Å². The molecule has 138 valence electrons. The van der Waals surface area contributed by atoms with E-state index in [1.165, 1.54) is 11.1 Å². The first-order valence-corrected chi connectivity index (χ1v) is 9.09. The minimum absolute atomic E-state index is 0.247. The van der Waals surface area contributed by atoms with Crippen molar-refractivity contribution in [2.45, 2.75) is 33.7 Å². The van der Waals surface area contributed by atoms with Crippen LogP contribution in [0.5, 0.6) is 0 Å². The Labute approximate surface area is 159 Å². The van der Waals surface area contributed by atoms with E-state index in [0.29, 0.717) is 23.9 Å². The molecule has 0 bridgehead atoms. The molecule has 0 aliphatic carbocycles. The van der Waals surface area contributed by atoms with E-state index in [4.69, 9.17) is 0 Å². The summed E-state index contributed by atoms with van der Waals surface area (Å²) in [5, 5.41) is 6.15. The van der Waals surface area contributed by atoms with Crippen LogP contribution in [-0.4, -0.2) is 15.9 Å². The zero-order valence-electron chi connectivity index (χ0n) is 15.9. The second kappa shape index (κ2) is 8.45. The third-order valence-electron chi connectivity index (χ3n) is 4.28. The van der Waals surface area contributed by atoms with Gasteiger partial charge in [-0.3, -0.25) is 4.79 Å². The summed E-state index contributed by atoms with van der Waals surface area (Å²) >= 11 is 0. The van der Waals surface area contributed by atoms with Gasteiger partial charge in [-0.2, -0.15) is 0 Å². The minimum Gasteiger partial charge on any atom is -0.366 e. The lowest BCUT2D eigenvalue weighted by molar-refractivity contribution is 0.102. The highest BCUT2D eigenvalue weighted by Crippen LogP contribution is 2.14. The highest BCUT2D eigenvalue weighted by molar-refractivity contribution is 6.03. The van der Waals surface area contributed by atoms with Crippen molar-refractivity contribution in [3.63, 3.8) is 0 Å². The highest BCUT2D eigenvalue weighted by atomic mass is 16.1. The number of hydrogen-bond donors (Lipinski definition) is 2. The summed E-state index contributed by atoms with van der Waals surface area (Å²) in [5.41, 5.74) is 4.70. The molecule has 0 unspecified atom stereocenters. The molecule has 0 aliphatic heterocycles. The Balaban J connectivity index is 1.69. The molecular weight excluding hydrogens is 336 g/mol. The van der Waals surface area contributed by atoms with Crippen LogP contribution >= 0.6 is 0 Å². The van der Waals surface area contributed by atoms with Gasteiger partial charge in [-0.25, -0.2) is 9.97 Å². The van der Waals surface area contributed by atoms with Crippen molar-refractivity contribution < 1.29 is 4.79 Å². The van der Waals surface area contributed by atoms with E-state index in [1.54, 1.807) is 13.0 Å². The molecule has 0 aliphatic rings. The van der Waals surface area contributed by atoms with Gasteiger partial charge in [-0.15, -0.1) is 0 Å². The molecule has 5 heteroatoms. The van der Waals surface area contributed by atoms with Crippen LogP contribution in [0.15, 0.2) is 54.6 Å². The Hall–Kier alpha value is -3.21. The molecular formula is C22H24N4O. The van der Waals surface area contributed by atoms with Crippen molar-refractivity contribution in [2.24, 2.45) is 0 Å². The Bertz CT molecular complexity index is 918. The second-order valence-corrected chi connectivity index (χ2v) is 6.53. The molecule has 0 saturated heterocycles. The van der Waals surface area contributed by atoms with Crippen molar-refractivity contribution in [1.29, 1.82) is 0 Å². The number of aryl methyl sites for hydroxylation is 3. The zero-order valence-corrected chi connectivity index (χ0v) is 15.9. The SMILES string of the molecule is CCc1ccc(NC(=O)c2cc(NCc3ccc(C)cc3)nc(C)n2)cc1. The van der Waals surface area contributed by atoms with Gasteiger partial charge in [0, 0.05) is 18.3 Å². The largest absolute Gasteiger partial charge is 0.366 e. The molecule has 3 aromatic rings. The van der Waals surface area contributed by atoms with E-state index < -0.39 is 0 Å². The van der Waals surface area contributed by atoms with E-state index in [1.807, 2.05) is 24.3 Å². The fourth-order valence-corrected chi connectivity index (χ4v) is 2.69. The zero-order chi connectivity index (χ0) is 19.2. The number of benzene rings is 2. The van der Waals surface area contributed by atoms with E-state index >= 15 is 0 Å². The topological polar surface area (TPSA) is 66.9 Å². The van der Waals surface area contributed by atoms with E-state index in [0.717, 1.165) is 17.7 Å². The average Bonchev–Trinajstić information content (AvgIpc) is 2.68. The van der Waals surface area contributed by atoms with E-state index in [-0.39, 0.29) is 5.91 Å². The Morgan fingerprint density at radius 1 is 0.926 bits per heavy atom. The maximum atomic E-state index is 12.6. The summed E-state index contributed by atoms with van der Waals surface area (Å²) in [6, 6.07) is 17.8. The van der Waals surface area contributed by atoms with Crippen LogP contribution in [0, 0.1) is 13.8 Å². The van der Waals surface area contributed by atoms with Crippen LogP contribution in [0.4, 0.5) is 11.5 Å². The number of carbonyl (C=O) groups is 1. The Morgan fingerprint density at radius 2 is 1.59 bits per heavy atom. The number of rotatable bonds is 6. The minimum atomic E-state index is -0.247. The maximum absolute atomic E-state index is 12.6. The van der Waals surface area contributed by atoms with Gasteiger partial charge < -0.3 is 10.6 Å². The average molecular weight is 360 g/mol. The van der Waals surface area contributed by atoms with Crippen molar-refractivity contribution in [2.75, 3.05) is 10.6 Å². The number of hydrogen-bond acceptors (Lipinski definition) is 4. The number of amides is 1. The first-order chi connectivity index (χ1) is 13.0. The number of carbonyl (C=O) groups excluding carboxylic acids is 1. The summed E-state index contributed by atoms with van der Waals surface area (Å²) in [6.45, 7) is 6.58. The van der Waals surface area contributed by atoms with Crippen LogP contribution in [0.25, 0.3) is 0 Å². The molecule has 0 spiro atoms. The molecule has 1 heterocycles. The molecule has 2 aromatic carbocycles. The van der Waals surface area contributed by atoms with Crippen LogP contribution < -0.4 is 10.6 Å². The normalized spacial score (nSPS) is 10.5. The Morgan fingerprint density at radius 3 is 2.26 bits per heavy atom. The van der Waals surface area contributed by atoms with Crippen LogP contribution in [-0.2, 0) is 13.0 Å². The lowest BCUT2D eigenvalue weighted by Crippen LogP contribution is -2.16. The molecule has 5 nitrogen and oxygen atoms in total. The van der Waals surface area contributed by atoms with Gasteiger partial charge in [0.15, 0.2) is 0 Å². The summed E-state index contributed by atoms with van der Waals surface area (Å²) in [5.74, 6) is 0.938. The van der Waals surface area contributed by atoms with Crippen molar-refractivity contribution >= 4 is 17.4 Å². The monoisotopic (exact) mass is 360 g/mol. The smallest absolute Gasteiger partial charge is 0.274 e. The fourth-order valence-electron chi connectivity index (χ4n) is 2.69. The van der Waals surface area contributed by atoms with Gasteiger partial charge in [-0.1, -0.05) is 48.9 Å². The predicted molar refractivity (Wildman–Crippen MR) is 109 cm³/mol. The van der Waals surface area contributed by atoms with Crippen LogP contribution in [0.1, 0.15) is 39.9 Å². The van der Waals surface area contributed by atoms with Crippen molar-refractivity contribution in [1.82, 2.24) is 9.97 Å². The molecule has 0 radical (unpaired) electrons. The molecule has 3 rings (SSSR count). The lowest BCUT2D eigenvalue weighted by atomic mass is 10.1. The van der Waals surface area contributed by atoms with Gasteiger partial charge >= 0.3 is 0 Å². The third-order valence-corrected chi connectivity index (χ3v) is 4.28. The summed E-state index contributed by atoms with van der Waals surface area (Å²) in [6.07, 6.45) is 0.968. The fraction of sp³-hybridized carbons (Fsp3) is 0.227. The van der Waals surface area contributed by atoms with Gasteiger partial charge in [0.25, 0.3) is 5.91 Å². The predicted octanol–water partition coefficient (Wildman–Crippen LogP) is 4.52. The lowest BCUT2D eigenvalue weighted by Gasteiger charge is -2.10. The van der Waals surface area contributed by atoms with Crippen molar-refractivity contribution in [3.05, 3.63) is 82.8 Å². The first kappa shape index (κ1) is 18.6. The quantitative estimate of drug-likeness (QED) is 0.678. The molecule has 27 heavy (non-hydrogen) atoms. The number of nitrogens with one attached hydrogen (secondary N) is 2. The standard InChI is InChI=1S/C22H24N4O/c1-4-17-9-11-19(12-10-17)26-22(27)20-13-21(25-16(3)24-20)23-14-18-7-5-15(2)6-8-18/h5-13H,4,14H2,1-3H3,(H,26,27)(H,23,24,25). The van der Waals surface area contributed by atoms with Gasteiger partial charge in [0.1, 0.15) is 17.3 Å². The Kier molecular flexibility index (Phi) is 5.81. The molecule has 0 atom stereocenters. The van der Waals surface area contributed by atoms with Gasteiger partial charge in [0.2, 0.25) is 0 Å². The summed E-state index contributed by atoms with van der Waals surface area (Å²) in [4.78, 5) is 21.2. The van der Waals surface area contributed by atoms with Crippen LogP contribution in [0.3, 0.4) is 0 Å². The van der Waals surface area contributed by atoms with Gasteiger partial charge in [0.05, 0.1) is 0 Å². The summed E-state index contributed by atoms with van der Waals surface area (Å²) < 4.78 is 0. The molecule has 1 aromatic heterocycles. The summed E-state index contributed by atoms with van der Waals surface area (Å²) in [7, 11) is 0. The molecule has 1 amide bonds. The van der Waals surface area contributed by atoms with Gasteiger partial charge in [-0.05, 0) is 43.5 Å². The number of aromatic nitrogens is 2. The third kappa shape index (κ3) is 5.14. The van der Waals surface area contributed by atoms with Crippen LogP contribution in [0.2, 0.25) is 0 Å².